The highest BCUT2D eigenvalue weighted by Crippen LogP contribution is 2.00. The third-order valence-corrected chi connectivity index (χ3v) is 2.24. The highest BCUT2D eigenvalue weighted by atomic mass is 16.5. The number of amides is 1. The van der Waals surface area contributed by atoms with Crippen molar-refractivity contribution < 1.29 is 19.4 Å². The molecule has 0 aliphatic rings. The van der Waals surface area contributed by atoms with Crippen molar-refractivity contribution in [3.05, 3.63) is 42.2 Å². The number of hydrogen-bond donors (Lipinski definition) is 2. The summed E-state index contributed by atoms with van der Waals surface area (Å²) in [5, 5.41) is 11.3. The molecule has 0 spiro atoms. The molecule has 102 valence electrons. The van der Waals surface area contributed by atoms with Crippen LogP contribution < -0.4 is 5.32 Å². The van der Waals surface area contributed by atoms with Crippen LogP contribution in [0.4, 0.5) is 0 Å². The zero-order valence-electron chi connectivity index (χ0n) is 10.5. The Labute approximate surface area is 111 Å². The van der Waals surface area contributed by atoms with Gasteiger partial charge >= 0.3 is 5.97 Å². The van der Waals surface area contributed by atoms with Crippen molar-refractivity contribution in [1.82, 2.24) is 10.3 Å². The minimum Gasteiger partial charge on any atom is -0.478 e. The molecule has 0 aliphatic carbocycles. The number of carbonyl (C=O) groups excluding carboxylic acids is 1. The van der Waals surface area contributed by atoms with Crippen LogP contribution in [0.15, 0.2) is 31.0 Å². The van der Waals surface area contributed by atoms with Crippen LogP contribution in [0.5, 0.6) is 0 Å². The summed E-state index contributed by atoms with van der Waals surface area (Å²) in [6.07, 6.45) is 3.68. The van der Waals surface area contributed by atoms with Gasteiger partial charge in [-0.25, -0.2) is 4.79 Å². The molecule has 1 aromatic rings. The molecule has 0 aliphatic heterocycles. The molecule has 1 amide bonds. The van der Waals surface area contributed by atoms with Crippen molar-refractivity contribution in [2.24, 2.45) is 0 Å². The van der Waals surface area contributed by atoms with E-state index in [0.29, 0.717) is 19.8 Å². The van der Waals surface area contributed by atoms with Crippen LogP contribution in [0, 0.1) is 0 Å². The number of nitrogens with zero attached hydrogens (tertiary/aromatic N) is 1. The first-order chi connectivity index (χ1) is 9.15. The number of carboxylic acids is 1. The Kier molecular flexibility index (Phi) is 6.25. The van der Waals surface area contributed by atoms with Gasteiger partial charge in [0.05, 0.1) is 18.8 Å². The second-order valence-corrected chi connectivity index (χ2v) is 3.68. The molecule has 0 aromatic carbocycles. The van der Waals surface area contributed by atoms with Gasteiger partial charge in [-0.1, -0.05) is 6.08 Å². The Hall–Kier alpha value is -2.21. The lowest BCUT2D eigenvalue weighted by Gasteiger charge is -2.05. The van der Waals surface area contributed by atoms with Crippen LogP contribution in [-0.4, -0.2) is 41.7 Å². The number of hydrogen-bond acceptors (Lipinski definition) is 4. The molecule has 6 heteroatoms. The van der Waals surface area contributed by atoms with E-state index < -0.39 is 5.97 Å². The van der Waals surface area contributed by atoms with Crippen LogP contribution in [0.1, 0.15) is 27.3 Å². The summed E-state index contributed by atoms with van der Waals surface area (Å²) in [5.74, 6) is -1.43. The lowest BCUT2D eigenvalue weighted by Crippen LogP contribution is -2.28. The average molecular weight is 264 g/mol. The summed E-state index contributed by atoms with van der Waals surface area (Å²) in [7, 11) is 0. The molecule has 6 nitrogen and oxygen atoms in total. The summed E-state index contributed by atoms with van der Waals surface area (Å²) in [6.45, 7) is 4.92. The standard InChI is InChI=1S/C13H16N2O4/c1-2-3-7-19-8-6-14-12(16)11-5-4-10(9-15-11)13(17)18/h2,4-5,9H,1,3,6-8H2,(H,14,16)(H,17,18). The molecule has 19 heavy (non-hydrogen) atoms. The second-order valence-electron chi connectivity index (χ2n) is 3.68. The molecular weight excluding hydrogens is 248 g/mol. The van der Waals surface area contributed by atoms with Gasteiger partial charge in [0.15, 0.2) is 0 Å². The van der Waals surface area contributed by atoms with Gasteiger partial charge in [0.25, 0.3) is 5.91 Å². The molecule has 0 atom stereocenters. The molecule has 1 heterocycles. The molecule has 1 aromatic heterocycles. The maximum absolute atomic E-state index is 11.6. The van der Waals surface area contributed by atoms with Gasteiger partial charge < -0.3 is 15.2 Å². The number of ether oxygens (including phenoxy) is 1. The fraction of sp³-hybridized carbons (Fsp3) is 0.308. The summed E-state index contributed by atoms with van der Waals surface area (Å²) < 4.78 is 5.23. The van der Waals surface area contributed by atoms with Crippen molar-refractivity contribution >= 4 is 11.9 Å². The van der Waals surface area contributed by atoms with E-state index in [1.807, 2.05) is 0 Å². The number of carboxylic acid groups (broad SMARTS) is 1. The SMILES string of the molecule is C=CCCOCCNC(=O)c1ccc(C(=O)O)cn1. The zero-order valence-corrected chi connectivity index (χ0v) is 10.5. The average Bonchev–Trinajstić information content (AvgIpc) is 2.42. The van der Waals surface area contributed by atoms with Gasteiger partial charge in [0, 0.05) is 12.7 Å². The highest BCUT2D eigenvalue weighted by molar-refractivity contribution is 5.93. The second kappa shape index (κ2) is 7.99. The van der Waals surface area contributed by atoms with Gasteiger partial charge in [-0.05, 0) is 18.6 Å². The highest BCUT2D eigenvalue weighted by Gasteiger charge is 2.08. The van der Waals surface area contributed by atoms with E-state index in [9.17, 15) is 9.59 Å². The quantitative estimate of drug-likeness (QED) is 0.542. The lowest BCUT2D eigenvalue weighted by molar-refractivity contribution is 0.0695. The van der Waals surface area contributed by atoms with Gasteiger partial charge in [0.2, 0.25) is 0 Å². The summed E-state index contributed by atoms with van der Waals surface area (Å²) in [6, 6.07) is 2.71. The van der Waals surface area contributed by atoms with E-state index in [2.05, 4.69) is 16.9 Å². The molecular formula is C13H16N2O4. The van der Waals surface area contributed by atoms with Crippen molar-refractivity contribution in [3.63, 3.8) is 0 Å². The smallest absolute Gasteiger partial charge is 0.337 e. The molecule has 2 N–H and O–H groups in total. The predicted molar refractivity (Wildman–Crippen MR) is 69.2 cm³/mol. The fourth-order valence-corrected chi connectivity index (χ4v) is 1.25. The van der Waals surface area contributed by atoms with Crippen molar-refractivity contribution in [2.45, 2.75) is 6.42 Å². The Morgan fingerprint density at radius 1 is 1.42 bits per heavy atom. The fourth-order valence-electron chi connectivity index (χ4n) is 1.25. The van der Waals surface area contributed by atoms with Crippen molar-refractivity contribution in [2.75, 3.05) is 19.8 Å². The van der Waals surface area contributed by atoms with E-state index in [1.54, 1.807) is 6.08 Å². The molecule has 0 saturated carbocycles. The number of nitrogens with one attached hydrogen (secondary N) is 1. The summed E-state index contributed by atoms with van der Waals surface area (Å²) in [5.41, 5.74) is 0.223. The van der Waals surface area contributed by atoms with Gasteiger partial charge in [0.1, 0.15) is 5.69 Å². The number of carbonyl (C=O) groups is 2. The van der Waals surface area contributed by atoms with Crippen molar-refractivity contribution in [3.8, 4) is 0 Å². The third-order valence-electron chi connectivity index (χ3n) is 2.24. The first-order valence-corrected chi connectivity index (χ1v) is 5.81. The number of aromatic carboxylic acids is 1. The third kappa shape index (κ3) is 5.31. The topological polar surface area (TPSA) is 88.5 Å². The molecule has 0 radical (unpaired) electrons. The van der Waals surface area contributed by atoms with E-state index in [4.69, 9.17) is 9.84 Å². The van der Waals surface area contributed by atoms with Gasteiger partial charge in [-0.3, -0.25) is 9.78 Å². The van der Waals surface area contributed by atoms with Crippen LogP contribution in [-0.2, 0) is 4.74 Å². The monoisotopic (exact) mass is 264 g/mol. The Balaban J connectivity index is 2.33. The maximum Gasteiger partial charge on any atom is 0.337 e. The molecule has 0 fully saturated rings. The Morgan fingerprint density at radius 2 is 2.21 bits per heavy atom. The Morgan fingerprint density at radius 3 is 2.79 bits per heavy atom. The maximum atomic E-state index is 11.6. The van der Waals surface area contributed by atoms with E-state index in [-0.39, 0.29) is 17.2 Å². The van der Waals surface area contributed by atoms with E-state index in [0.717, 1.165) is 12.6 Å². The van der Waals surface area contributed by atoms with Crippen LogP contribution >= 0.6 is 0 Å². The zero-order chi connectivity index (χ0) is 14.1. The molecule has 0 bridgehead atoms. The van der Waals surface area contributed by atoms with Crippen LogP contribution in [0.25, 0.3) is 0 Å². The van der Waals surface area contributed by atoms with Crippen LogP contribution in [0.3, 0.4) is 0 Å². The number of pyridine rings is 1. The van der Waals surface area contributed by atoms with Crippen molar-refractivity contribution in [1.29, 1.82) is 0 Å². The number of rotatable bonds is 8. The molecule has 0 unspecified atom stereocenters. The Bertz CT molecular complexity index is 442. The summed E-state index contributed by atoms with van der Waals surface area (Å²) >= 11 is 0. The van der Waals surface area contributed by atoms with E-state index >= 15 is 0 Å². The molecule has 0 saturated heterocycles. The minimum atomic E-state index is -1.07. The molecule has 1 rings (SSSR count). The van der Waals surface area contributed by atoms with Gasteiger partial charge in [-0.15, -0.1) is 6.58 Å². The van der Waals surface area contributed by atoms with Crippen LogP contribution in [0.2, 0.25) is 0 Å². The van der Waals surface area contributed by atoms with Gasteiger partial charge in [-0.2, -0.15) is 0 Å². The lowest BCUT2D eigenvalue weighted by atomic mass is 10.2. The first kappa shape index (κ1) is 14.8. The predicted octanol–water partition coefficient (Wildman–Crippen LogP) is 1.10. The largest absolute Gasteiger partial charge is 0.478 e. The number of aromatic nitrogens is 1. The normalized spacial score (nSPS) is 9.89. The minimum absolute atomic E-state index is 0.0457. The van der Waals surface area contributed by atoms with E-state index in [1.165, 1.54) is 12.1 Å². The summed E-state index contributed by atoms with van der Waals surface area (Å²) in [4.78, 5) is 26.0. The first-order valence-electron chi connectivity index (χ1n) is 5.81.